The first-order valence-corrected chi connectivity index (χ1v) is 9.98. The Labute approximate surface area is 167 Å². The van der Waals surface area contributed by atoms with Gasteiger partial charge in [0.05, 0.1) is 6.54 Å². The molecule has 6 heteroatoms. The molecule has 28 heavy (non-hydrogen) atoms. The van der Waals surface area contributed by atoms with E-state index in [4.69, 9.17) is 0 Å². The zero-order valence-corrected chi connectivity index (χ0v) is 17.2. The number of carbonyl (C=O) groups is 1. The van der Waals surface area contributed by atoms with Gasteiger partial charge in [-0.2, -0.15) is 0 Å². The number of rotatable bonds is 5. The summed E-state index contributed by atoms with van der Waals surface area (Å²) < 4.78 is 2.11. The predicted octanol–water partition coefficient (Wildman–Crippen LogP) is 2.86. The Morgan fingerprint density at radius 1 is 1.18 bits per heavy atom. The van der Waals surface area contributed by atoms with Crippen molar-refractivity contribution < 1.29 is 4.79 Å². The van der Waals surface area contributed by atoms with Gasteiger partial charge < -0.3 is 19.7 Å². The Morgan fingerprint density at radius 3 is 2.64 bits per heavy atom. The van der Waals surface area contributed by atoms with Crippen molar-refractivity contribution in [1.82, 2.24) is 19.7 Å². The van der Waals surface area contributed by atoms with Gasteiger partial charge in [0.15, 0.2) is 5.96 Å². The Morgan fingerprint density at radius 2 is 1.96 bits per heavy atom. The molecule has 0 bridgehead atoms. The zero-order chi connectivity index (χ0) is 19.9. The number of nitrogens with one attached hydrogen (secondary N) is 1. The van der Waals surface area contributed by atoms with Crippen LogP contribution < -0.4 is 5.32 Å². The van der Waals surface area contributed by atoms with Crippen LogP contribution in [0.5, 0.6) is 0 Å². The van der Waals surface area contributed by atoms with E-state index in [1.54, 1.807) is 7.05 Å². The maximum atomic E-state index is 12.7. The van der Waals surface area contributed by atoms with Crippen LogP contribution in [0, 0.1) is 0 Å². The normalized spacial score (nSPS) is 14.8. The van der Waals surface area contributed by atoms with Gasteiger partial charge in [-0.15, -0.1) is 0 Å². The van der Waals surface area contributed by atoms with E-state index in [0.717, 1.165) is 49.6 Å². The van der Waals surface area contributed by atoms with Gasteiger partial charge in [-0.25, -0.2) is 0 Å². The molecule has 2 heterocycles. The van der Waals surface area contributed by atoms with E-state index in [2.05, 4.69) is 25.8 Å². The molecule has 6 nitrogen and oxygen atoms in total. The number of piperidine rings is 1. The summed E-state index contributed by atoms with van der Waals surface area (Å²) in [5.41, 5.74) is 3.07. The Hall–Kier alpha value is -2.76. The number of likely N-dealkylation sites (tertiary alicyclic amines) is 1. The highest BCUT2D eigenvalue weighted by Gasteiger charge is 2.18. The molecule has 1 aliphatic heterocycles. The number of carbonyl (C=O) groups excluding carboxylic acids is 1. The number of hydrogen-bond donors (Lipinski definition) is 1. The summed E-state index contributed by atoms with van der Waals surface area (Å²) in [6.07, 6.45) is 5.49. The van der Waals surface area contributed by atoms with E-state index in [0.29, 0.717) is 6.54 Å². The molecule has 0 aliphatic carbocycles. The van der Waals surface area contributed by atoms with Gasteiger partial charge in [0.25, 0.3) is 5.91 Å². The molecule has 2 aromatic rings. The molecular formula is C22H31N5O. The molecule has 0 spiro atoms. The minimum Gasteiger partial charge on any atom is -0.353 e. The van der Waals surface area contributed by atoms with Crippen molar-refractivity contribution in [2.45, 2.75) is 32.4 Å². The fourth-order valence-corrected chi connectivity index (χ4v) is 3.64. The Kier molecular flexibility index (Phi) is 6.74. The molecule has 1 fully saturated rings. The number of hydrogen-bond acceptors (Lipinski definition) is 2. The largest absolute Gasteiger partial charge is 0.353 e. The summed E-state index contributed by atoms with van der Waals surface area (Å²) in [7, 11) is 5.86. The molecule has 3 rings (SSSR count). The Balaban J connectivity index is 1.60. The number of aryl methyl sites for hydroxylation is 1. The van der Waals surface area contributed by atoms with Crippen molar-refractivity contribution in [1.29, 1.82) is 0 Å². The molecule has 0 unspecified atom stereocenters. The molecular weight excluding hydrogens is 350 g/mol. The van der Waals surface area contributed by atoms with Gasteiger partial charge in [0.1, 0.15) is 0 Å². The summed E-state index contributed by atoms with van der Waals surface area (Å²) in [5, 5.41) is 3.40. The molecule has 1 N–H and O–H groups in total. The van der Waals surface area contributed by atoms with Gasteiger partial charge >= 0.3 is 0 Å². The van der Waals surface area contributed by atoms with Crippen molar-refractivity contribution in [3.8, 4) is 0 Å². The van der Waals surface area contributed by atoms with Gasteiger partial charge in [-0.1, -0.05) is 12.1 Å². The second-order valence-corrected chi connectivity index (χ2v) is 7.42. The molecule has 0 saturated carbocycles. The van der Waals surface area contributed by atoms with E-state index in [1.807, 2.05) is 55.5 Å². The van der Waals surface area contributed by atoms with Crippen LogP contribution in [0.2, 0.25) is 0 Å². The summed E-state index contributed by atoms with van der Waals surface area (Å²) >= 11 is 0. The SMILES string of the molecule is CN=C(NCc1cccc(C(=O)N2CCCCC2)c1)N(C)Cc1cccn1C. The van der Waals surface area contributed by atoms with E-state index >= 15 is 0 Å². The average molecular weight is 382 g/mol. The first-order chi connectivity index (χ1) is 13.6. The van der Waals surface area contributed by atoms with E-state index in [9.17, 15) is 4.79 Å². The highest BCUT2D eigenvalue weighted by atomic mass is 16.2. The maximum Gasteiger partial charge on any atom is 0.253 e. The lowest BCUT2D eigenvalue weighted by Gasteiger charge is -2.27. The Bertz CT molecular complexity index is 820. The van der Waals surface area contributed by atoms with Crippen LogP contribution >= 0.6 is 0 Å². The minimum atomic E-state index is 0.145. The molecule has 0 radical (unpaired) electrons. The lowest BCUT2D eigenvalue weighted by atomic mass is 10.1. The first kappa shape index (κ1) is 20.0. The number of aliphatic imine (C=N–C) groups is 1. The fraction of sp³-hybridized carbons (Fsp3) is 0.455. The lowest BCUT2D eigenvalue weighted by Crippen LogP contribution is -2.38. The zero-order valence-electron chi connectivity index (χ0n) is 17.2. The minimum absolute atomic E-state index is 0.145. The highest BCUT2D eigenvalue weighted by Crippen LogP contribution is 2.14. The summed E-state index contributed by atoms with van der Waals surface area (Å²) in [6.45, 7) is 3.15. The van der Waals surface area contributed by atoms with Crippen LogP contribution in [0.3, 0.4) is 0 Å². The highest BCUT2D eigenvalue weighted by molar-refractivity contribution is 5.94. The molecule has 0 atom stereocenters. The van der Waals surface area contributed by atoms with E-state index < -0.39 is 0 Å². The monoisotopic (exact) mass is 381 g/mol. The van der Waals surface area contributed by atoms with Crippen molar-refractivity contribution in [2.24, 2.45) is 12.0 Å². The van der Waals surface area contributed by atoms with Gasteiger partial charge in [0, 0.05) is 58.2 Å². The van der Waals surface area contributed by atoms with Crippen LogP contribution in [0.25, 0.3) is 0 Å². The third-order valence-electron chi connectivity index (χ3n) is 5.29. The predicted molar refractivity (Wildman–Crippen MR) is 113 cm³/mol. The van der Waals surface area contributed by atoms with Crippen molar-refractivity contribution in [3.63, 3.8) is 0 Å². The molecule has 1 aliphatic rings. The first-order valence-electron chi connectivity index (χ1n) is 9.98. The number of guanidine groups is 1. The topological polar surface area (TPSA) is 52.9 Å². The molecule has 150 valence electrons. The average Bonchev–Trinajstić information content (AvgIpc) is 3.13. The van der Waals surface area contributed by atoms with Crippen LogP contribution in [0.1, 0.15) is 40.9 Å². The third kappa shape index (κ3) is 4.94. The third-order valence-corrected chi connectivity index (χ3v) is 5.29. The van der Waals surface area contributed by atoms with Gasteiger partial charge in [-0.05, 0) is 49.1 Å². The van der Waals surface area contributed by atoms with E-state index in [1.165, 1.54) is 12.1 Å². The smallest absolute Gasteiger partial charge is 0.253 e. The quantitative estimate of drug-likeness (QED) is 0.640. The fourth-order valence-electron chi connectivity index (χ4n) is 3.64. The van der Waals surface area contributed by atoms with Crippen LogP contribution in [0.4, 0.5) is 0 Å². The summed E-state index contributed by atoms with van der Waals surface area (Å²) in [6, 6.07) is 12.1. The molecule has 1 amide bonds. The van der Waals surface area contributed by atoms with Gasteiger partial charge in [-0.3, -0.25) is 9.79 Å². The number of benzene rings is 1. The van der Waals surface area contributed by atoms with Gasteiger partial charge in [0.2, 0.25) is 0 Å². The number of aromatic nitrogens is 1. The summed E-state index contributed by atoms with van der Waals surface area (Å²) in [5.74, 6) is 0.973. The van der Waals surface area contributed by atoms with Crippen LogP contribution in [-0.4, -0.2) is 53.4 Å². The molecule has 1 saturated heterocycles. The summed E-state index contributed by atoms with van der Waals surface area (Å²) in [4.78, 5) is 21.2. The number of nitrogens with zero attached hydrogens (tertiary/aromatic N) is 4. The number of amides is 1. The second-order valence-electron chi connectivity index (χ2n) is 7.42. The second kappa shape index (κ2) is 9.44. The maximum absolute atomic E-state index is 12.7. The van der Waals surface area contributed by atoms with Crippen molar-refractivity contribution in [2.75, 3.05) is 27.2 Å². The standard InChI is InChI=1S/C22H31N5O/c1-23-22(26(3)17-20-11-8-12-25(20)2)24-16-18-9-7-10-19(15-18)21(28)27-13-5-4-6-14-27/h7-12,15H,4-6,13-14,16-17H2,1-3H3,(H,23,24). The lowest BCUT2D eigenvalue weighted by molar-refractivity contribution is 0.0724. The van der Waals surface area contributed by atoms with E-state index in [-0.39, 0.29) is 5.91 Å². The van der Waals surface area contributed by atoms with Crippen molar-refractivity contribution >= 4 is 11.9 Å². The van der Waals surface area contributed by atoms with Crippen molar-refractivity contribution in [3.05, 3.63) is 59.4 Å². The molecule has 1 aromatic heterocycles. The molecule has 1 aromatic carbocycles. The van der Waals surface area contributed by atoms with Crippen LogP contribution in [-0.2, 0) is 20.1 Å². The van der Waals surface area contributed by atoms with Crippen LogP contribution in [0.15, 0.2) is 47.6 Å².